The van der Waals surface area contributed by atoms with Gasteiger partial charge in [0.25, 0.3) is 0 Å². The van der Waals surface area contributed by atoms with Crippen molar-refractivity contribution < 1.29 is 23.9 Å². The van der Waals surface area contributed by atoms with Gasteiger partial charge in [0.2, 0.25) is 0 Å². The summed E-state index contributed by atoms with van der Waals surface area (Å²) in [6, 6.07) is 19.4. The summed E-state index contributed by atoms with van der Waals surface area (Å²) in [4.78, 5) is 37.9. The van der Waals surface area contributed by atoms with Crippen LogP contribution in [0.1, 0.15) is 50.6 Å². The molecule has 0 amide bonds. The number of hydrogen-bond donors (Lipinski definition) is 0. The standard InChI is InChI=1S/C27H23NO5/c1-16-26(18(3)30)23-15-25(33-27(31)19-10-12-21(32-4)13-11-19)22(17(2)29)14-24(23)28(16)20-8-6-5-7-9-20/h5-15H,1-4H3. The second-order valence-electron chi connectivity index (χ2n) is 7.73. The van der Waals surface area contributed by atoms with Crippen LogP contribution in [0.4, 0.5) is 0 Å². The maximum atomic E-state index is 12.8. The number of ether oxygens (including phenoxy) is 2. The highest BCUT2D eigenvalue weighted by Gasteiger charge is 2.23. The molecule has 1 heterocycles. The van der Waals surface area contributed by atoms with E-state index in [-0.39, 0.29) is 22.9 Å². The lowest BCUT2D eigenvalue weighted by atomic mass is 10.0. The first-order valence-electron chi connectivity index (χ1n) is 10.4. The normalized spacial score (nSPS) is 10.8. The second-order valence-corrected chi connectivity index (χ2v) is 7.73. The zero-order valence-corrected chi connectivity index (χ0v) is 18.8. The fourth-order valence-corrected chi connectivity index (χ4v) is 4.04. The van der Waals surface area contributed by atoms with Crippen molar-refractivity contribution in [1.82, 2.24) is 4.57 Å². The molecule has 0 saturated carbocycles. The van der Waals surface area contributed by atoms with Gasteiger partial charge in [0.05, 0.1) is 23.8 Å². The van der Waals surface area contributed by atoms with Crippen LogP contribution < -0.4 is 9.47 Å². The Hall–Kier alpha value is -4.19. The number of carbonyl (C=O) groups excluding carboxylic acids is 3. The molecule has 0 spiro atoms. The molecule has 0 saturated heterocycles. The van der Waals surface area contributed by atoms with Crippen molar-refractivity contribution in [2.75, 3.05) is 7.11 Å². The van der Waals surface area contributed by atoms with Gasteiger partial charge in [-0.1, -0.05) is 18.2 Å². The maximum Gasteiger partial charge on any atom is 0.343 e. The maximum absolute atomic E-state index is 12.8. The smallest absolute Gasteiger partial charge is 0.343 e. The Labute approximate surface area is 191 Å². The average molecular weight is 441 g/mol. The van der Waals surface area contributed by atoms with Crippen LogP contribution >= 0.6 is 0 Å². The summed E-state index contributed by atoms with van der Waals surface area (Å²) in [6.45, 7) is 4.78. The number of carbonyl (C=O) groups is 3. The number of ketones is 2. The summed E-state index contributed by atoms with van der Waals surface area (Å²) in [6.07, 6.45) is 0. The van der Waals surface area contributed by atoms with E-state index in [2.05, 4.69) is 0 Å². The molecule has 0 aliphatic heterocycles. The lowest BCUT2D eigenvalue weighted by Crippen LogP contribution is -2.11. The van der Waals surface area contributed by atoms with Crippen LogP contribution in [0.15, 0.2) is 66.7 Å². The first kappa shape index (κ1) is 22.0. The van der Waals surface area contributed by atoms with E-state index in [1.165, 1.54) is 21.0 Å². The number of Topliss-reactive ketones (excluding diaryl/α,β-unsaturated/α-hetero) is 2. The van der Waals surface area contributed by atoms with Crippen LogP contribution in [0.5, 0.6) is 11.5 Å². The minimum absolute atomic E-state index is 0.114. The number of aromatic nitrogens is 1. The largest absolute Gasteiger partial charge is 0.497 e. The van der Waals surface area contributed by atoms with Crippen LogP contribution in [0.3, 0.4) is 0 Å². The van der Waals surface area contributed by atoms with Crippen molar-refractivity contribution in [3.8, 4) is 17.2 Å². The average Bonchev–Trinajstić information content (AvgIpc) is 3.09. The monoisotopic (exact) mass is 441 g/mol. The van der Waals surface area contributed by atoms with Gasteiger partial charge in [-0.3, -0.25) is 9.59 Å². The molecule has 0 aliphatic carbocycles. The number of hydrogen-bond acceptors (Lipinski definition) is 5. The van der Waals surface area contributed by atoms with Gasteiger partial charge in [-0.25, -0.2) is 4.79 Å². The summed E-state index contributed by atoms with van der Waals surface area (Å²) < 4.78 is 12.7. The summed E-state index contributed by atoms with van der Waals surface area (Å²) >= 11 is 0. The highest BCUT2D eigenvalue weighted by Crippen LogP contribution is 2.35. The molecular formula is C27H23NO5. The SMILES string of the molecule is COc1ccc(C(=O)Oc2cc3c(C(C)=O)c(C)n(-c4ccccc4)c3cc2C(C)=O)cc1. The molecule has 33 heavy (non-hydrogen) atoms. The zero-order valence-electron chi connectivity index (χ0n) is 18.8. The Balaban J connectivity index is 1.89. The summed E-state index contributed by atoms with van der Waals surface area (Å²) in [5, 5.41) is 0.617. The van der Waals surface area contributed by atoms with E-state index in [1.807, 2.05) is 41.8 Å². The number of benzene rings is 3. The van der Waals surface area contributed by atoms with E-state index in [0.717, 1.165) is 11.4 Å². The summed E-state index contributed by atoms with van der Waals surface area (Å²) in [5.74, 6) is -0.250. The Morgan fingerprint density at radius 2 is 1.52 bits per heavy atom. The third kappa shape index (κ3) is 4.03. The molecule has 0 atom stereocenters. The minimum atomic E-state index is -0.608. The first-order valence-corrected chi connectivity index (χ1v) is 10.4. The number of methoxy groups -OCH3 is 1. The van der Waals surface area contributed by atoms with E-state index in [9.17, 15) is 14.4 Å². The molecule has 166 valence electrons. The van der Waals surface area contributed by atoms with Crippen LogP contribution in [0.25, 0.3) is 16.6 Å². The van der Waals surface area contributed by atoms with E-state index in [1.54, 1.807) is 36.4 Å². The number of fused-ring (bicyclic) bond motifs is 1. The predicted octanol–water partition coefficient (Wildman–Crippen LogP) is 5.57. The van der Waals surface area contributed by atoms with Gasteiger partial charge in [-0.2, -0.15) is 0 Å². The minimum Gasteiger partial charge on any atom is -0.497 e. The van der Waals surface area contributed by atoms with Gasteiger partial charge in [-0.15, -0.1) is 0 Å². The fraction of sp³-hybridized carbons (Fsp3) is 0.148. The van der Waals surface area contributed by atoms with Crippen molar-refractivity contribution in [2.45, 2.75) is 20.8 Å². The van der Waals surface area contributed by atoms with Crippen molar-refractivity contribution in [2.24, 2.45) is 0 Å². The predicted molar refractivity (Wildman–Crippen MR) is 126 cm³/mol. The summed E-state index contributed by atoms with van der Waals surface area (Å²) in [7, 11) is 1.54. The summed E-state index contributed by atoms with van der Waals surface area (Å²) in [5.41, 5.74) is 3.40. The van der Waals surface area contributed by atoms with E-state index in [0.29, 0.717) is 27.8 Å². The molecule has 0 fully saturated rings. The molecule has 0 radical (unpaired) electrons. The van der Waals surface area contributed by atoms with Gasteiger partial charge in [-0.05, 0) is 69.3 Å². The van der Waals surface area contributed by atoms with Crippen LogP contribution in [-0.2, 0) is 0 Å². The van der Waals surface area contributed by atoms with Gasteiger partial charge in [0.1, 0.15) is 11.5 Å². The highest BCUT2D eigenvalue weighted by atomic mass is 16.5. The van der Waals surface area contributed by atoms with Crippen molar-refractivity contribution >= 4 is 28.4 Å². The highest BCUT2D eigenvalue weighted by molar-refractivity contribution is 6.12. The van der Waals surface area contributed by atoms with Crippen LogP contribution in [0.2, 0.25) is 0 Å². The number of para-hydroxylation sites is 1. The molecule has 4 aromatic rings. The second kappa shape index (κ2) is 8.74. The van der Waals surface area contributed by atoms with Gasteiger partial charge in [0.15, 0.2) is 11.6 Å². The van der Waals surface area contributed by atoms with Crippen LogP contribution in [0, 0.1) is 6.92 Å². The third-order valence-electron chi connectivity index (χ3n) is 5.58. The van der Waals surface area contributed by atoms with E-state index < -0.39 is 5.97 Å². The Kier molecular flexibility index (Phi) is 5.84. The van der Waals surface area contributed by atoms with Crippen LogP contribution in [-0.4, -0.2) is 29.2 Å². The molecule has 0 bridgehead atoms. The van der Waals surface area contributed by atoms with Gasteiger partial charge < -0.3 is 14.0 Å². The first-order chi connectivity index (χ1) is 15.8. The molecule has 6 heteroatoms. The molecular weight excluding hydrogens is 418 g/mol. The van der Waals surface area contributed by atoms with Gasteiger partial charge >= 0.3 is 5.97 Å². The van der Waals surface area contributed by atoms with Crippen molar-refractivity contribution in [1.29, 1.82) is 0 Å². The molecule has 0 aliphatic rings. The Morgan fingerprint density at radius 3 is 2.09 bits per heavy atom. The molecule has 1 aromatic heterocycles. The molecule has 3 aromatic carbocycles. The molecule has 6 nitrogen and oxygen atoms in total. The molecule has 0 unspecified atom stereocenters. The Morgan fingerprint density at radius 1 is 0.848 bits per heavy atom. The topological polar surface area (TPSA) is 74.6 Å². The van der Waals surface area contributed by atoms with Crippen molar-refractivity contribution in [3.05, 3.63) is 89.1 Å². The quantitative estimate of drug-likeness (QED) is 0.222. The Bertz CT molecular complexity index is 1380. The lowest BCUT2D eigenvalue weighted by molar-refractivity contribution is 0.0733. The number of esters is 1. The van der Waals surface area contributed by atoms with E-state index >= 15 is 0 Å². The zero-order chi connectivity index (χ0) is 23.7. The van der Waals surface area contributed by atoms with Crippen molar-refractivity contribution in [3.63, 3.8) is 0 Å². The molecule has 4 rings (SSSR count). The van der Waals surface area contributed by atoms with Gasteiger partial charge in [0, 0.05) is 22.3 Å². The lowest BCUT2D eigenvalue weighted by Gasteiger charge is -2.12. The number of rotatable bonds is 6. The van der Waals surface area contributed by atoms with E-state index in [4.69, 9.17) is 9.47 Å². The molecule has 0 N–H and O–H groups in total. The third-order valence-corrected chi connectivity index (χ3v) is 5.58. The fourth-order valence-electron chi connectivity index (χ4n) is 4.04. The number of nitrogens with zero attached hydrogens (tertiary/aromatic N) is 1.